The number of H-pyrrole nitrogens is 1. The maximum Gasteiger partial charge on any atom is 0.0462 e. The maximum absolute atomic E-state index is 4.32. The van der Waals surface area contributed by atoms with Crippen molar-refractivity contribution in [1.82, 2.24) is 9.97 Å². The Morgan fingerprint density at radius 1 is 1.00 bits per heavy atom. The smallest absolute Gasteiger partial charge is 0.0462 e. The van der Waals surface area contributed by atoms with Crippen LogP contribution in [0.2, 0.25) is 0 Å². The van der Waals surface area contributed by atoms with E-state index in [4.69, 9.17) is 0 Å². The fourth-order valence-electron chi connectivity index (χ4n) is 1.93. The molecule has 0 saturated heterocycles. The van der Waals surface area contributed by atoms with Gasteiger partial charge in [0, 0.05) is 29.5 Å². The summed E-state index contributed by atoms with van der Waals surface area (Å²) in [6, 6.07) is 16.5. The molecule has 0 aliphatic carbocycles. The third-order valence-corrected chi connectivity index (χ3v) is 2.68. The van der Waals surface area contributed by atoms with Gasteiger partial charge in [0.25, 0.3) is 0 Å². The van der Waals surface area contributed by atoms with Crippen LogP contribution in [0.1, 0.15) is 11.4 Å². The highest BCUT2D eigenvalue weighted by Gasteiger charge is 2.01. The Bertz CT molecular complexity index is 563. The average Bonchev–Trinajstić information content (AvgIpc) is 2.72. The first-order chi connectivity index (χ1) is 7.92. The minimum atomic E-state index is 0.857. The van der Waals surface area contributed by atoms with E-state index in [1.54, 1.807) is 0 Å². The molecule has 0 spiro atoms. The van der Waals surface area contributed by atoms with Crippen molar-refractivity contribution < 1.29 is 0 Å². The largest absolute Gasteiger partial charge is 0.358 e. The molecule has 0 amide bonds. The van der Waals surface area contributed by atoms with Gasteiger partial charge < -0.3 is 4.98 Å². The van der Waals surface area contributed by atoms with Crippen LogP contribution in [0.5, 0.6) is 0 Å². The molecule has 0 radical (unpaired) electrons. The highest BCUT2D eigenvalue weighted by molar-refractivity contribution is 5.80. The van der Waals surface area contributed by atoms with E-state index in [1.165, 1.54) is 16.6 Å². The number of hydrogen-bond acceptors (Lipinski definition) is 1. The zero-order valence-corrected chi connectivity index (χ0v) is 8.85. The third-order valence-electron chi connectivity index (χ3n) is 2.68. The summed E-state index contributed by atoms with van der Waals surface area (Å²) in [5.74, 6) is 0. The average molecular weight is 208 g/mol. The molecule has 2 heteroatoms. The minimum Gasteiger partial charge on any atom is -0.358 e. The topological polar surface area (TPSA) is 28.7 Å². The van der Waals surface area contributed by atoms with Crippen LogP contribution in [0, 0.1) is 0 Å². The summed E-state index contributed by atoms with van der Waals surface area (Å²) in [6.07, 6.45) is 2.69. The number of nitrogens with one attached hydrogen (secondary N) is 1. The van der Waals surface area contributed by atoms with Crippen molar-refractivity contribution in [2.75, 3.05) is 0 Å². The van der Waals surface area contributed by atoms with Crippen LogP contribution < -0.4 is 0 Å². The van der Waals surface area contributed by atoms with Crippen molar-refractivity contribution in [2.45, 2.75) is 6.42 Å². The molecule has 0 saturated carbocycles. The van der Waals surface area contributed by atoms with Crippen molar-refractivity contribution in [2.24, 2.45) is 0 Å². The van der Waals surface area contributed by atoms with Gasteiger partial charge in [-0.1, -0.05) is 24.3 Å². The van der Waals surface area contributed by atoms with Gasteiger partial charge in [-0.15, -0.1) is 0 Å². The fourth-order valence-corrected chi connectivity index (χ4v) is 1.93. The van der Waals surface area contributed by atoms with Crippen LogP contribution in [0.25, 0.3) is 10.9 Å². The van der Waals surface area contributed by atoms with Gasteiger partial charge in [-0.05, 0) is 29.7 Å². The Labute approximate surface area is 94.0 Å². The normalized spacial score (nSPS) is 10.8. The highest BCUT2D eigenvalue weighted by Crippen LogP contribution is 2.16. The second-order valence-electron chi connectivity index (χ2n) is 3.88. The van der Waals surface area contributed by atoms with Crippen molar-refractivity contribution in [3.8, 4) is 0 Å². The number of para-hydroxylation sites is 1. The predicted octanol–water partition coefficient (Wildman–Crippen LogP) is 3.15. The summed E-state index contributed by atoms with van der Waals surface area (Å²) in [7, 11) is 0. The van der Waals surface area contributed by atoms with Crippen LogP contribution in [0.3, 0.4) is 0 Å². The van der Waals surface area contributed by atoms with Crippen molar-refractivity contribution in [3.05, 3.63) is 66.1 Å². The number of aromatic amines is 1. The fraction of sp³-hybridized carbons (Fsp3) is 0.0714. The molecule has 78 valence electrons. The zero-order chi connectivity index (χ0) is 10.8. The highest BCUT2D eigenvalue weighted by atomic mass is 14.7. The molecular formula is C14H12N2. The number of pyridine rings is 1. The standard InChI is InChI=1S/C14H12N2/c1-2-7-14-11(5-1)9-13(16-14)10-12-6-3-4-8-15-12/h1-9,16H,10H2. The van der Waals surface area contributed by atoms with Gasteiger partial charge in [0.1, 0.15) is 0 Å². The lowest BCUT2D eigenvalue weighted by Gasteiger charge is -1.96. The van der Waals surface area contributed by atoms with Gasteiger partial charge >= 0.3 is 0 Å². The molecule has 2 heterocycles. The van der Waals surface area contributed by atoms with E-state index in [9.17, 15) is 0 Å². The van der Waals surface area contributed by atoms with Crippen LogP contribution in [0.4, 0.5) is 0 Å². The number of benzene rings is 1. The lowest BCUT2D eigenvalue weighted by Crippen LogP contribution is -1.90. The molecule has 0 aliphatic heterocycles. The number of rotatable bonds is 2. The van der Waals surface area contributed by atoms with E-state index in [-0.39, 0.29) is 0 Å². The molecule has 0 atom stereocenters. The molecule has 3 rings (SSSR count). The van der Waals surface area contributed by atoms with Crippen molar-refractivity contribution in [3.63, 3.8) is 0 Å². The second-order valence-corrected chi connectivity index (χ2v) is 3.88. The van der Waals surface area contributed by atoms with Gasteiger partial charge in [0.15, 0.2) is 0 Å². The SMILES string of the molecule is c1ccc(Cc2cc3ccccc3[nH]2)nc1. The van der Waals surface area contributed by atoms with E-state index in [1.807, 2.05) is 30.5 Å². The second kappa shape index (κ2) is 3.81. The van der Waals surface area contributed by atoms with E-state index in [0.717, 1.165) is 12.1 Å². The lowest BCUT2D eigenvalue weighted by molar-refractivity contribution is 1.04. The van der Waals surface area contributed by atoms with Gasteiger partial charge in [-0.3, -0.25) is 4.98 Å². The molecule has 16 heavy (non-hydrogen) atoms. The summed E-state index contributed by atoms with van der Waals surface area (Å²) >= 11 is 0. The molecule has 2 nitrogen and oxygen atoms in total. The number of hydrogen-bond donors (Lipinski definition) is 1. The van der Waals surface area contributed by atoms with Gasteiger partial charge in [0.05, 0.1) is 0 Å². The van der Waals surface area contributed by atoms with Gasteiger partial charge in [0.2, 0.25) is 0 Å². The Morgan fingerprint density at radius 2 is 1.88 bits per heavy atom. The molecule has 0 aliphatic rings. The first-order valence-corrected chi connectivity index (χ1v) is 5.38. The molecule has 0 fully saturated rings. The Hall–Kier alpha value is -2.09. The Morgan fingerprint density at radius 3 is 2.69 bits per heavy atom. The number of nitrogens with zero attached hydrogens (tertiary/aromatic N) is 1. The lowest BCUT2D eigenvalue weighted by atomic mass is 10.2. The zero-order valence-electron chi connectivity index (χ0n) is 8.85. The van der Waals surface area contributed by atoms with Crippen LogP contribution >= 0.6 is 0 Å². The van der Waals surface area contributed by atoms with E-state index in [2.05, 4.69) is 34.2 Å². The molecule has 1 N–H and O–H groups in total. The number of aromatic nitrogens is 2. The van der Waals surface area contributed by atoms with Crippen LogP contribution in [-0.4, -0.2) is 9.97 Å². The molecule has 2 aromatic heterocycles. The first-order valence-electron chi connectivity index (χ1n) is 5.38. The summed E-state index contributed by atoms with van der Waals surface area (Å²) in [6.45, 7) is 0. The summed E-state index contributed by atoms with van der Waals surface area (Å²) in [4.78, 5) is 7.73. The van der Waals surface area contributed by atoms with E-state index < -0.39 is 0 Å². The molecule has 1 aromatic carbocycles. The minimum absolute atomic E-state index is 0.857. The number of fused-ring (bicyclic) bond motifs is 1. The summed E-state index contributed by atoms with van der Waals surface area (Å²) in [5.41, 5.74) is 3.49. The maximum atomic E-state index is 4.32. The molecular weight excluding hydrogens is 196 g/mol. The predicted molar refractivity (Wildman–Crippen MR) is 65.3 cm³/mol. The third kappa shape index (κ3) is 1.70. The summed E-state index contributed by atoms with van der Waals surface area (Å²) in [5, 5.41) is 1.26. The van der Waals surface area contributed by atoms with Crippen molar-refractivity contribution >= 4 is 10.9 Å². The monoisotopic (exact) mass is 208 g/mol. The van der Waals surface area contributed by atoms with E-state index >= 15 is 0 Å². The summed E-state index contributed by atoms with van der Waals surface area (Å²) < 4.78 is 0. The van der Waals surface area contributed by atoms with Crippen molar-refractivity contribution in [1.29, 1.82) is 0 Å². The van der Waals surface area contributed by atoms with Crippen LogP contribution in [0.15, 0.2) is 54.7 Å². The van der Waals surface area contributed by atoms with Gasteiger partial charge in [-0.25, -0.2) is 0 Å². The molecule has 0 bridgehead atoms. The van der Waals surface area contributed by atoms with Crippen LogP contribution in [-0.2, 0) is 6.42 Å². The van der Waals surface area contributed by atoms with E-state index in [0.29, 0.717) is 0 Å². The molecule has 0 unspecified atom stereocenters. The molecule has 3 aromatic rings. The first kappa shape index (κ1) is 9.16. The quantitative estimate of drug-likeness (QED) is 0.688. The Balaban J connectivity index is 1.95. The Kier molecular flexibility index (Phi) is 2.18. The van der Waals surface area contributed by atoms with Gasteiger partial charge in [-0.2, -0.15) is 0 Å².